The van der Waals surface area contributed by atoms with Crippen molar-refractivity contribution >= 4 is 0 Å². The Kier molecular flexibility index (Phi) is 5.12. The molecule has 0 spiro atoms. The zero-order chi connectivity index (χ0) is 16.1. The predicted octanol–water partition coefficient (Wildman–Crippen LogP) is 2.90. The Balaban J connectivity index is 2.11. The van der Waals surface area contributed by atoms with Crippen LogP contribution in [-0.2, 0) is 0 Å². The third-order valence-corrected chi connectivity index (χ3v) is 3.58. The maximum atomic E-state index is 8.89. The van der Waals surface area contributed by atoms with E-state index < -0.39 is 0 Å². The Labute approximate surface area is 130 Å². The zero-order valence-corrected chi connectivity index (χ0v) is 13.3. The summed E-state index contributed by atoms with van der Waals surface area (Å²) >= 11 is 0. The lowest BCUT2D eigenvalue weighted by Crippen LogP contribution is -2.27. The molecular weight excluding hydrogens is 280 g/mol. The van der Waals surface area contributed by atoms with E-state index in [4.69, 9.17) is 14.4 Å². The van der Waals surface area contributed by atoms with Crippen molar-refractivity contribution < 1.29 is 9.15 Å². The monoisotopic (exact) mass is 300 g/mol. The number of rotatable bonds is 6. The second-order valence-electron chi connectivity index (χ2n) is 5.32. The number of nitriles is 1. The molecule has 6 nitrogen and oxygen atoms in total. The van der Waals surface area contributed by atoms with Gasteiger partial charge in [-0.05, 0) is 45.2 Å². The summed E-state index contributed by atoms with van der Waals surface area (Å²) in [4.78, 5) is 2.03. The van der Waals surface area contributed by atoms with Crippen molar-refractivity contribution in [1.29, 1.82) is 5.26 Å². The molecule has 2 rings (SSSR count). The maximum Gasteiger partial charge on any atom is 0.247 e. The average molecular weight is 300 g/mol. The molecule has 1 aromatic carbocycles. The fourth-order valence-corrected chi connectivity index (χ4v) is 2.07. The molecule has 2 aromatic rings. The van der Waals surface area contributed by atoms with E-state index in [1.165, 1.54) is 0 Å². The van der Waals surface area contributed by atoms with Crippen molar-refractivity contribution in [1.82, 2.24) is 15.1 Å². The molecule has 0 N–H and O–H groups in total. The summed E-state index contributed by atoms with van der Waals surface area (Å²) < 4.78 is 10.9. The molecular formula is C16H20N4O2. The van der Waals surface area contributed by atoms with Crippen LogP contribution in [0.5, 0.6) is 5.75 Å². The van der Waals surface area contributed by atoms with E-state index in [0.29, 0.717) is 18.3 Å². The van der Waals surface area contributed by atoms with Crippen LogP contribution in [0.4, 0.5) is 0 Å². The van der Waals surface area contributed by atoms with Gasteiger partial charge in [0.25, 0.3) is 0 Å². The van der Waals surface area contributed by atoms with Crippen LogP contribution in [0, 0.1) is 17.2 Å². The average Bonchev–Trinajstić information content (AvgIpc) is 3.03. The Morgan fingerprint density at radius 1 is 1.27 bits per heavy atom. The van der Waals surface area contributed by atoms with Gasteiger partial charge in [-0.25, -0.2) is 0 Å². The van der Waals surface area contributed by atoms with Gasteiger partial charge in [-0.2, -0.15) is 5.26 Å². The third kappa shape index (κ3) is 3.62. The topological polar surface area (TPSA) is 75.2 Å². The number of hydrogen-bond acceptors (Lipinski definition) is 6. The second kappa shape index (κ2) is 7.05. The first-order valence-electron chi connectivity index (χ1n) is 7.12. The summed E-state index contributed by atoms with van der Waals surface area (Å²) in [6.07, 6.45) is 0. The highest BCUT2D eigenvalue weighted by Gasteiger charge is 2.20. The van der Waals surface area contributed by atoms with Crippen molar-refractivity contribution in [2.75, 3.05) is 20.7 Å². The molecule has 116 valence electrons. The van der Waals surface area contributed by atoms with Gasteiger partial charge in [-0.1, -0.05) is 0 Å². The highest BCUT2D eigenvalue weighted by Crippen LogP contribution is 2.25. The fraction of sp³-hybridized carbons (Fsp3) is 0.438. The standard InChI is InChI=1S/C16H20N4O2/c1-11(9-17)10-20(3)12(2)15-18-19-16(22-15)13-5-7-14(21-4)8-6-13/h5-8,11-12H,10H2,1-4H3/t11-,12+/m0/s1. The van der Waals surface area contributed by atoms with Gasteiger partial charge >= 0.3 is 0 Å². The van der Waals surface area contributed by atoms with E-state index in [2.05, 4.69) is 16.3 Å². The van der Waals surface area contributed by atoms with Gasteiger partial charge in [0.2, 0.25) is 11.8 Å². The van der Waals surface area contributed by atoms with Crippen LogP contribution in [0.25, 0.3) is 11.5 Å². The first kappa shape index (κ1) is 16.0. The Morgan fingerprint density at radius 3 is 2.55 bits per heavy atom. The number of ether oxygens (including phenoxy) is 1. The van der Waals surface area contributed by atoms with Crippen LogP contribution in [0.3, 0.4) is 0 Å². The minimum atomic E-state index is -0.0460. The van der Waals surface area contributed by atoms with Crippen LogP contribution in [0.1, 0.15) is 25.8 Å². The van der Waals surface area contributed by atoms with E-state index in [0.717, 1.165) is 11.3 Å². The zero-order valence-electron chi connectivity index (χ0n) is 13.3. The summed E-state index contributed by atoms with van der Waals surface area (Å²) in [6.45, 7) is 4.52. The number of benzene rings is 1. The van der Waals surface area contributed by atoms with E-state index in [-0.39, 0.29) is 12.0 Å². The minimum absolute atomic E-state index is 0.0450. The smallest absolute Gasteiger partial charge is 0.247 e. The molecule has 0 saturated heterocycles. The molecule has 0 aliphatic heterocycles. The predicted molar refractivity (Wildman–Crippen MR) is 82.1 cm³/mol. The molecule has 1 aromatic heterocycles. The lowest BCUT2D eigenvalue weighted by Gasteiger charge is -2.22. The lowest BCUT2D eigenvalue weighted by atomic mass is 10.2. The Morgan fingerprint density at radius 2 is 1.95 bits per heavy atom. The number of aromatic nitrogens is 2. The van der Waals surface area contributed by atoms with Crippen LogP contribution >= 0.6 is 0 Å². The minimum Gasteiger partial charge on any atom is -0.497 e. The van der Waals surface area contributed by atoms with E-state index in [1.54, 1.807) is 7.11 Å². The molecule has 1 heterocycles. The molecule has 0 saturated carbocycles. The third-order valence-electron chi connectivity index (χ3n) is 3.58. The van der Waals surface area contributed by atoms with Crippen LogP contribution < -0.4 is 4.74 Å². The molecule has 0 aliphatic rings. The molecule has 2 atom stereocenters. The molecule has 6 heteroatoms. The van der Waals surface area contributed by atoms with Crippen molar-refractivity contribution in [3.05, 3.63) is 30.2 Å². The second-order valence-corrected chi connectivity index (χ2v) is 5.32. The normalized spacial score (nSPS) is 13.6. The van der Waals surface area contributed by atoms with Gasteiger partial charge in [0.05, 0.1) is 25.1 Å². The van der Waals surface area contributed by atoms with E-state index in [1.807, 2.05) is 50.1 Å². The van der Waals surface area contributed by atoms with E-state index in [9.17, 15) is 0 Å². The van der Waals surface area contributed by atoms with Crippen LogP contribution in [0.15, 0.2) is 28.7 Å². The van der Waals surface area contributed by atoms with Crippen molar-refractivity contribution in [2.24, 2.45) is 5.92 Å². The Bertz CT molecular complexity index is 645. The molecule has 22 heavy (non-hydrogen) atoms. The van der Waals surface area contributed by atoms with Gasteiger partial charge in [0.1, 0.15) is 5.75 Å². The van der Waals surface area contributed by atoms with Crippen molar-refractivity contribution in [3.63, 3.8) is 0 Å². The lowest BCUT2D eigenvalue weighted by molar-refractivity contribution is 0.212. The van der Waals surface area contributed by atoms with Gasteiger partial charge < -0.3 is 9.15 Å². The molecule has 0 bridgehead atoms. The summed E-state index contributed by atoms with van der Waals surface area (Å²) in [7, 11) is 3.56. The van der Waals surface area contributed by atoms with Gasteiger partial charge in [0, 0.05) is 12.1 Å². The van der Waals surface area contributed by atoms with Gasteiger partial charge in [0.15, 0.2) is 0 Å². The molecule has 0 fully saturated rings. The molecule has 0 aliphatic carbocycles. The molecule has 0 amide bonds. The first-order chi connectivity index (χ1) is 10.5. The summed E-state index contributed by atoms with van der Waals surface area (Å²) in [5, 5.41) is 17.1. The summed E-state index contributed by atoms with van der Waals surface area (Å²) in [6, 6.07) is 9.63. The van der Waals surface area contributed by atoms with Crippen molar-refractivity contribution in [3.8, 4) is 23.3 Å². The van der Waals surface area contributed by atoms with Crippen molar-refractivity contribution in [2.45, 2.75) is 19.9 Å². The Hall–Kier alpha value is -2.39. The first-order valence-corrected chi connectivity index (χ1v) is 7.12. The summed E-state index contributed by atoms with van der Waals surface area (Å²) in [5.41, 5.74) is 0.847. The fourth-order valence-electron chi connectivity index (χ4n) is 2.07. The highest BCUT2D eigenvalue weighted by molar-refractivity contribution is 5.53. The van der Waals surface area contributed by atoms with Crippen LogP contribution in [0.2, 0.25) is 0 Å². The van der Waals surface area contributed by atoms with Gasteiger partial charge in [-0.3, -0.25) is 4.90 Å². The maximum absolute atomic E-state index is 8.89. The number of nitrogens with zero attached hydrogens (tertiary/aromatic N) is 4. The SMILES string of the molecule is COc1ccc(-c2nnc([C@@H](C)N(C)C[C@@H](C)C#N)o2)cc1. The highest BCUT2D eigenvalue weighted by atomic mass is 16.5. The largest absolute Gasteiger partial charge is 0.497 e. The number of methoxy groups -OCH3 is 1. The molecule has 0 radical (unpaired) electrons. The number of hydrogen-bond donors (Lipinski definition) is 0. The molecule has 0 unspecified atom stereocenters. The van der Waals surface area contributed by atoms with Crippen LogP contribution in [-0.4, -0.2) is 35.8 Å². The summed E-state index contributed by atoms with van der Waals surface area (Å²) in [5.74, 6) is 1.75. The quantitative estimate of drug-likeness (QED) is 0.816. The van der Waals surface area contributed by atoms with E-state index >= 15 is 0 Å². The van der Waals surface area contributed by atoms with Gasteiger partial charge in [-0.15, -0.1) is 10.2 Å².